The van der Waals surface area contributed by atoms with E-state index in [4.69, 9.17) is 12.2 Å². The van der Waals surface area contributed by atoms with Gasteiger partial charge in [0, 0.05) is 18.3 Å². The van der Waals surface area contributed by atoms with Crippen LogP contribution in [0.25, 0.3) is 10.8 Å². The first-order valence-corrected chi connectivity index (χ1v) is 9.29. The first-order chi connectivity index (χ1) is 13.4. The van der Waals surface area contributed by atoms with Gasteiger partial charge in [0.2, 0.25) is 11.8 Å². The van der Waals surface area contributed by atoms with Crippen molar-refractivity contribution in [3.8, 4) is 0 Å². The van der Waals surface area contributed by atoms with Crippen molar-refractivity contribution >= 4 is 51.3 Å². The van der Waals surface area contributed by atoms with E-state index in [0.29, 0.717) is 11.4 Å². The summed E-state index contributed by atoms with van der Waals surface area (Å²) in [5.74, 6) is -0.339. The predicted octanol–water partition coefficient (Wildman–Crippen LogP) is 4.16. The second-order valence-corrected chi connectivity index (χ2v) is 6.94. The zero-order valence-corrected chi connectivity index (χ0v) is 16.5. The average Bonchev–Trinajstić information content (AvgIpc) is 2.64. The molecule has 2 amide bonds. The second kappa shape index (κ2) is 8.63. The molecule has 0 aliphatic rings. The molecule has 0 saturated heterocycles. The van der Waals surface area contributed by atoms with Gasteiger partial charge in [0.25, 0.3) is 0 Å². The number of nitrogens with one attached hydrogen (secondary N) is 3. The summed E-state index contributed by atoms with van der Waals surface area (Å²) in [5, 5.41) is 10.8. The van der Waals surface area contributed by atoms with Crippen molar-refractivity contribution in [2.45, 2.75) is 20.3 Å². The Balaban J connectivity index is 1.65. The van der Waals surface area contributed by atoms with E-state index in [-0.39, 0.29) is 23.3 Å². The molecule has 0 aromatic heterocycles. The molecule has 0 aliphatic heterocycles. The molecule has 0 heterocycles. The van der Waals surface area contributed by atoms with Crippen molar-refractivity contribution in [2.24, 2.45) is 0 Å². The number of carbonyl (C=O) groups is 2. The van der Waals surface area contributed by atoms with Crippen molar-refractivity contribution in [1.29, 1.82) is 0 Å². The van der Waals surface area contributed by atoms with E-state index in [1.54, 1.807) is 6.07 Å². The maximum atomic E-state index is 12.4. The van der Waals surface area contributed by atoms with Crippen molar-refractivity contribution < 1.29 is 9.59 Å². The lowest BCUT2D eigenvalue weighted by Gasteiger charge is -2.13. The van der Waals surface area contributed by atoms with Crippen LogP contribution in [0.5, 0.6) is 0 Å². The highest BCUT2D eigenvalue weighted by atomic mass is 32.1. The molecule has 5 nitrogen and oxygen atoms in total. The Bertz CT molecular complexity index is 1060. The van der Waals surface area contributed by atoms with E-state index in [1.165, 1.54) is 6.92 Å². The number of fused-ring (bicyclic) bond motifs is 1. The summed E-state index contributed by atoms with van der Waals surface area (Å²) in [6, 6.07) is 19.3. The lowest BCUT2D eigenvalue weighted by atomic mass is 10.0. The van der Waals surface area contributed by atoms with E-state index < -0.39 is 0 Å². The van der Waals surface area contributed by atoms with Crippen LogP contribution < -0.4 is 16.0 Å². The van der Waals surface area contributed by atoms with E-state index in [1.807, 2.05) is 61.5 Å². The van der Waals surface area contributed by atoms with Crippen LogP contribution in [0.4, 0.5) is 11.4 Å². The predicted molar refractivity (Wildman–Crippen MR) is 117 cm³/mol. The quantitative estimate of drug-likeness (QED) is 0.584. The maximum absolute atomic E-state index is 12.4. The zero-order chi connectivity index (χ0) is 20.1. The monoisotopic (exact) mass is 391 g/mol. The molecule has 142 valence electrons. The molecule has 0 atom stereocenters. The lowest BCUT2D eigenvalue weighted by Crippen LogP contribution is -2.35. The third-order valence-electron chi connectivity index (χ3n) is 4.29. The van der Waals surface area contributed by atoms with Crippen LogP contribution >= 0.6 is 12.2 Å². The summed E-state index contributed by atoms with van der Waals surface area (Å²) in [7, 11) is 0. The fourth-order valence-corrected chi connectivity index (χ4v) is 3.21. The molecule has 0 spiro atoms. The number of hydrogen-bond donors (Lipinski definition) is 3. The Hall–Kier alpha value is -3.25. The number of rotatable bonds is 4. The van der Waals surface area contributed by atoms with Crippen molar-refractivity contribution in [3.05, 3.63) is 71.8 Å². The van der Waals surface area contributed by atoms with Gasteiger partial charge in [-0.05, 0) is 53.2 Å². The molecule has 0 fully saturated rings. The van der Waals surface area contributed by atoms with Gasteiger partial charge in [-0.15, -0.1) is 0 Å². The summed E-state index contributed by atoms with van der Waals surface area (Å²) >= 11 is 5.26. The zero-order valence-electron chi connectivity index (χ0n) is 15.7. The van der Waals surface area contributed by atoms with Gasteiger partial charge in [-0.3, -0.25) is 9.59 Å². The van der Waals surface area contributed by atoms with Crippen LogP contribution in [0.15, 0.2) is 60.7 Å². The molecular weight excluding hydrogens is 370 g/mol. The highest BCUT2D eigenvalue weighted by Crippen LogP contribution is 2.21. The summed E-state index contributed by atoms with van der Waals surface area (Å²) in [5.41, 5.74) is 3.26. The Labute approximate surface area is 169 Å². The van der Waals surface area contributed by atoms with E-state index in [2.05, 4.69) is 16.0 Å². The average molecular weight is 391 g/mol. The van der Waals surface area contributed by atoms with Crippen LogP contribution in [0.3, 0.4) is 0 Å². The minimum atomic E-state index is -0.192. The molecule has 6 heteroatoms. The number of amides is 2. The largest absolute Gasteiger partial charge is 0.332 e. The molecule has 0 aliphatic carbocycles. The molecule has 0 radical (unpaired) electrons. The smallest absolute Gasteiger partial charge is 0.230 e. The minimum absolute atomic E-state index is 0.147. The standard InChI is InChI=1S/C22H21N3O2S/c1-14-10-11-18(13-20(14)23-15(2)26)24-22(28)25-21(27)12-17-8-5-7-16-6-3-4-9-19(16)17/h3-11,13H,12H2,1-2H3,(H,23,26)(H2,24,25,27,28). The Morgan fingerprint density at radius 2 is 1.71 bits per heavy atom. The van der Waals surface area contributed by atoms with Crippen LogP contribution in [0.1, 0.15) is 18.1 Å². The molecule has 0 saturated carbocycles. The molecule has 3 rings (SSSR count). The van der Waals surface area contributed by atoms with Gasteiger partial charge in [-0.1, -0.05) is 48.5 Å². The van der Waals surface area contributed by atoms with E-state index in [0.717, 1.165) is 21.9 Å². The van der Waals surface area contributed by atoms with Gasteiger partial charge < -0.3 is 16.0 Å². The summed E-state index contributed by atoms with van der Waals surface area (Å²) in [4.78, 5) is 23.7. The van der Waals surface area contributed by atoms with Gasteiger partial charge in [0.05, 0.1) is 6.42 Å². The molecule has 0 unspecified atom stereocenters. The highest BCUT2D eigenvalue weighted by Gasteiger charge is 2.10. The lowest BCUT2D eigenvalue weighted by molar-refractivity contribution is -0.119. The molecule has 0 bridgehead atoms. The second-order valence-electron chi connectivity index (χ2n) is 6.53. The fraction of sp³-hybridized carbons (Fsp3) is 0.136. The van der Waals surface area contributed by atoms with Crippen molar-refractivity contribution in [1.82, 2.24) is 5.32 Å². The topological polar surface area (TPSA) is 70.2 Å². The van der Waals surface area contributed by atoms with Gasteiger partial charge in [-0.25, -0.2) is 0 Å². The number of carbonyl (C=O) groups excluding carboxylic acids is 2. The first-order valence-electron chi connectivity index (χ1n) is 8.88. The molecule has 3 aromatic rings. The first kappa shape index (κ1) is 19.5. The summed E-state index contributed by atoms with van der Waals surface area (Å²) < 4.78 is 0. The Morgan fingerprint density at radius 3 is 2.50 bits per heavy atom. The van der Waals surface area contributed by atoms with Gasteiger partial charge in [0.15, 0.2) is 5.11 Å². The van der Waals surface area contributed by atoms with Gasteiger partial charge in [-0.2, -0.15) is 0 Å². The molecule has 28 heavy (non-hydrogen) atoms. The fourth-order valence-electron chi connectivity index (χ4n) is 2.98. The van der Waals surface area contributed by atoms with Crippen LogP contribution in [-0.2, 0) is 16.0 Å². The third-order valence-corrected chi connectivity index (χ3v) is 4.49. The van der Waals surface area contributed by atoms with Crippen LogP contribution in [0, 0.1) is 6.92 Å². The number of aryl methyl sites for hydroxylation is 1. The minimum Gasteiger partial charge on any atom is -0.332 e. The number of benzene rings is 3. The highest BCUT2D eigenvalue weighted by molar-refractivity contribution is 7.80. The molecule has 3 N–H and O–H groups in total. The van der Waals surface area contributed by atoms with Crippen molar-refractivity contribution in [3.63, 3.8) is 0 Å². The molecule has 3 aromatic carbocycles. The van der Waals surface area contributed by atoms with Crippen LogP contribution in [-0.4, -0.2) is 16.9 Å². The van der Waals surface area contributed by atoms with Gasteiger partial charge >= 0.3 is 0 Å². The summed E-state index contributed by atoms with van der Waals surface area (Å²) in [6.07, 6.45) is 0.230. The maximum Gasteiger partial charge on any atom is 0.230 e. The van der Waals surface area contributed by atoms with Gasteiger partial charge in [0.1, 0.15) is 0 Å². The summed E-state index contributed by atoms with van der Waals surface area (Å²) in [6.45, 7) is 3.36. The third kappa shape index (κ3) is 4.92. The van der Waals surface area contributed by atoms with Crippen LogP contribution in [0.2, 0.25) is 0 Å². The van der Waals surface area contributed by atoms with E-state index >= 15 is 0 Å². The molecular formula is C22H21N3O2S. The normalized spacial score (nSPS) is 10.4. The SMILES string of the molecule is CC(=O)Nc1cc(NC(=S)NC(=O)Cc2cccc3ccccc23)ccc1C. The number of hydrogen-bond acceptors (Lipinski definition) is 3. The number of anilines is 2. The Kier molecular flexibility index (Phi) is 6.01. The Morgan fingerprint density at radius 1 is 0.964 bits per heavy atom. The number of thiocarbonyl (C=S) groups is 1. The van der Waals surface area contributed by atoms with Crippen molar-refractivity contribution in [2.75, 3.05) is 10.6 Å². The van der Waals surface area contributed by atoms with E-state index in [9.17, 15) is 9.59 Å².